The first-order valence-electron chi connectivity index (χ1n) is 25.3. The highest BCUT2D eigenvalue weighted by Gasteiger charge is 2.24. The van der Waals surface area contributed by atoms with Crippen LogP contribution < -0.4 is 0 Å². The van der Waals surface area contributed by atoms with Gasteiger partial charge >= 0.3 is 0 Å². The minimum atomic E-state index is 0.504. The minimum Gasteiger partial charge on any atom is -0.308 e. The van der Waals surface area contributed by atoms with Gasteiger partial charge in [0.05, 0.1) is 46.6 Å². The SMILES string of the molecule is [C-]#[N+]c1cccc(-c2cc(-n3c4cc(-c5cc(C)cc(C)c5)ccc4c4ccc(-c5cc(C)cc(C)c5)cc43)c(-n3c4cc(-c5cc(C)cc(C)c5)ccc4c4ccc(-c5cc(C)cc(C)c5)cc43)cc2[N+]#[C-])c1. The van der Waals surface area contributed by atoms with Crippen molar-refractivity contribution in [3.05, 3.63) is 249 Å². The fourth-order valence-corrected chi connectivity index (χ4v) is 11.8. The Balaban J connectivity index is 1.27. The number of aryl methyl sites for hydroxylation is 8. The highest BCUT2D eigenvalue weighted by molar-refractivity contribution is 6.14. The number of aromatic nitrogens is 2. The van der Waals surface area contributed by atoms with E-state index >= 15 is 0 Å². The van der Waals surface area contributed by atoms with Crippen molar-refractivity contribution < 1.29 is 0 Å². The Hall–Kier alpha value is -9.22. The minimum absolute atomic E-state index is 0.504. The Kier molecular flexibility index (Phi) is 11.0. The molecule has 0 aliphatic carbocycles. The predicted octanol–water partition coefficient (Wildman–Crippen LogP) is 19.8. The lowest BCUT2D eigenvalue weighted by atomic mass is 9.98. The van der Waals surface area contributed by atoms with E-state index in [0.29, 0.717) is 11.4 Å². The monoisotopic (exact) mass is 950 g/mol. The number of hydrogen-bond donors (Lipinski definition) is 0. The molecule has 74 heavy (non-hydrogen) atoms. The molecule has 4 heteroatoms. The number of hydrogen-bond acceptors (Lipinski definition) is 0. The summed E-state index contributed by atoms with van der Waals surface area (Å²) >= 11 is 0. The lowest BCUT2D eigenvalue weighted by Crippen LogP contribution is -2.05. The molecule has 0 saturated heterocycles. The molecule has 2 aromatic heterocycles. The van der Waals surface area contributed by atoms with Crippen LogP contribution in [0.25, 0.3) is 120 Å². The van der Waals surface area contributed by atoms with Crippen molar-refractivity contribution in [1.29, 1.82) is 0 Å². The molecule has 0 spiro atoms. The Labute approximate surface area is 433 Å². The third-order valence-corrected chi connectivity index (χ3v) is 14.7. The van der Waals surface area contributed by atoms with E-state index in [1.54, 1.807) is 0 Å². The van der Waals surface area contributed by atoms with Gasteiger partial charge in [-0.25, -0.2) is 9.69 Å². The maximum atomic E-state index is 8.93. The van der Waals surface area contributed by atoms with Gasteiger partial charge in [-0.15, -0.1) is 0 Å². The maximum Gasteiger partial charge on any atom is 0.197 e. The van der Waals surface area contributed by atoms with E-state index in [1.807, 2.05) is 24.3 Å². The van der Waals surface area contributed by atoms with Crippen LogP contribution >= 0.6 is 0 Å². The molecule has 10 aromatic carbocycles. The Morgan fingerprint density at radius 1 is 0.284 bits per heavy atom. The maximum absolute atomic E-state index is 8.93. The van der Waals surface area contributed by atoms with Crippen LogP contribution in [0.3, 0.4) is 0 Å². The first-order valence-corrected chi connectivity index (χ1v) is 25.3. The van der Waals surface area contributed by atoms with Crippen LogP contribution in [0.1, 0.15) is 44.5 Å². The van der Waals surface area contributed by atoms with Crippen molar-refractivity contribution in [2.24, 2.45) is 0 Å². The summed E-state index contributed by atoms with van der Waals surface area (Å²) in [4.78, 5) is 8.19. The van der Waals surface area contributed by atoms with Crippen molar-refractivity contribution in [2.75, 3.05) is 0 Å². The highest BCUT2D eigenvalue weighted by atomic mass is 15.1. The smallest absolute Gasteiger partial charge is 0.197 e. The van der Waals surface area contributed by atoms with Gasteiger partial charge in [0.15, 0.2) is 11.4 Å². The molecule has 0 N–H and O–H groups in total. The second kappa shape index (κ2) is 17.8. The van der Waals surface area contributed by atoms with Crippen LogP contribution in [0.4, 0.5) is 11.4 Å². The molecule has 0 amide bonds. The zero-order valence-electron chi connectivity index (χ0n) is 43.1. The Bertz CT molecular complexity index is 4130. The van der Waals surface area contributed by atoms with Gasteiger partial charge in [0.1, 0.15) is 0 Å². The van der Waals surface area contributed by atoms with E-state index in [4.69, 9.17) is 13.1 Å². The van der Waals surface area contributed by atoms with Gasteiger partial charge in [-0.2, -0.15) is 0 Å². The summed E-state index contributed by atoms with van der Waals surface area (Å²) in [5.41, 5.74) is 27.5. The normalized spacial score (nSPS) is 11.5. The fourth-order valence-electron chi connectivity index (χ4n) is 11.8. The molecular formula is C70H54N4. The summed E-state index contributed by atoms with van der Waals surface area (Å²) in [7, 11) is 0. The predicted molar refractivity (Wildman–Crippen MR) is 313 cm³/mol. The standard InChI is InChI=1S/C70H54N4/c1-41-22-42(2)27-54(26-41)49-14-18-59-60-19-15-50(55-28-43(3)23-44(4)29-55)36-66(60)73(65(59)35-49)69-39-63(53-12-11-13-58(34-53)71-9)64(72-10)40-70(69)74-67-37-51(56-30-45(5)24-46(6)31-56)16-20-61(67)62-21-17-52(38-68(62)74)57-32-47(7)25-48(8)33-57/h11-40H,1-8H3. The molecule has 0 unspecified atom stereocenters. The fraction of sp³-hybridized carbons (Fsp3) is 0.114. The summed E-state index contributed by atoms with van der Waals surface area (Å²) in [6.45, 7) is 34.3. The third kappa shape index (κ3) is 8.03. The summed E-state index contributed by atoms with van der Waals surface area (Å²) in [5.74, 6) is 0. The zero-order chi connectivity index (χ0) is 51.1. The summed E-state index contributed by atoms with van der Waals surface area (Å²) in [5, 5.41) is 4.52. The summed E-state index contributed by atoms with van der Waals surface area (Å²) in [6, 6.07) is 66.7. The number of fused-ring (bicyclic) bond motifs is 6. The molecule has 354 valence electrons. The van der Waals surface area contributed by atoms with Gasteiger partial charge in [-0.3, -0.25) is 0 Å². The molecule has 0 fully saturated rings. The van der Waals surface area contributed by atoms with E-state index in [0.717, 1.165) is 111 Å². The molecule has 0 atom stereocenters. The van der Waals surface area contributed by atoms with Gasteiger partial charge in [-0.05, 0) is 153 Å². The van der Waals surface area contributed by atoms with E-state index in [1.165, 1.54) is 44.5 Å². The molecule has 0 bridgehead atoms. The second-order valence-electron chi connectivity index (χ2n) is 20.7. The van der Waals surface area contributed by atoms with E-state index in [9.17, 15) is 0 Å². The second-order valence-corrected chi connectivity index (χ2v) is 20.7. The molecule has 0 aliphatic rings. The Morgan fingerprint density at radius 2 is 0.608 bits per heavy atom. The number of nitrogens with zero attached hydrogens (tertiary/aromatic N) is 4. The lowest BCUT2D eigenvalue weighted by Gasteiger charge is -2.21. The molecule has 0 saturated carbocycles. The van der Waals surface area contributed by atoms with Crippen molar-refractivity contribution in [3.8, 4) is 67.0 Å². The zero-order valence-corrected chi connectivity index (χ0v) is 43.1. The van der Waals surface area contributed by atoms with Crippen LogP contribution in [-0.4, -0.2) is 9.13 Å². The van der Waals surface area contributed by atoms with Gasteiger partial charge in [0.25, 0.3) is 0 Å². The van der Waals surface area contributed by atoms with Gasteiger partial charge in [-0.1, -0.05) is 184 Å². The van der Waals surface area contributed by atoms with Crippen molar-refractivity contribution >= 4 is 55.0 Å². The van der Waals surface area contributed by atoms with Crippen LogP contribution in [-0.2, 0) is 0 Å². The quantitative estimate of drug-likeness (QED) is 0.142. The molecular weight excluding hydrogens is 897 g/mol. The average molecular weight is 951 g/mol. The summed E-state index contributed by atoms with van der Waals surface area (Å²) < 4.78 is 4.87. The van der Waals surface area contributed by atoms with E-state index in [-0.39, 0.29) is 0 Å². The van der Waals surface area contributed by atoms with Gasteiger partial charge in [0, 0.05) is 21.5 Å². The Morgan fingerprint density at radius 3 is 0.919 bits per heavy atom. The van der Waals surface area contributed by atoms with Crippen LogP contribution in [0, 0.1) is 68.5 Å². The van der Waals surface area contributed by atoms with Gasteiger partial charge < -0.3 is 9.13 Å². The molecule has 0 aliphatic heterocycles. The largest absolute Gasteiger partial charge is 0.308 e. The van der Waals surface area contributed by atoms with E-state index in [2.05, 4.69) is 232 Å². The van der Waals surface area contributed by atoms with Crippen LogP contribution in [0.15, 0.2) is 182 Å². The third-order valence-electron chi connectivity index (χ3n) is 14.7. The number of rotatable bonds is 7. The van der Waals surface area contributed by atoms with Crippen molar-refractivity contribution in [3.63, 3.8) is 0 Å². The molecule has 2 heterocycles. The van der Waals surface area contributed by atoms with Crippen LogP contribution in [0.2, 0.25) is 0 Å². The summed E-state index contributed by atoms with van der Waals surface area (Å²) in [6.07, 6.45) is 0. The highest BCUT2D eigenvalue weighted by Crippen LogP contribution is 2.46. The molecule has 12 rings (SSSR count). The van der Waals surface area contributed by atoms with Crippen molar-refractivity contribution in [2.45, 2.75) is 55.4 Å². The topological polar surface area (TPSA) is 18.6 Å². The average Bonchev–Trinajstić information content (AvgIpc) is 3.88. The van der Waals surface area contributed by atoms with Crippen molar-refractivity contribution in [1.82, 2.24) is 9.13 Å². The van der Waals surface area contributed by atoms with Crippen LogP contribution in [0.5, 0.6) is 0 Å². The van der Waals surface area contributed by atoms with E-state index < -0.39 is 0 Å². The number of benzene rings is 10. The molecule has 0 radical (unpaired) electrons. The molecule has 4 nitrogen and oxygen atoms in total. The van der Waals surface area contributed by atoms with Gasteiger partial charge in [0.2, 0.25) is 0 Å². The molecule has 12 aromatic rings. The lowest BCUT2D eigenvalue weighted by molar-refractivity contribution is 1.10. The first kappa shape index (κ1) is 45.9. The first-order chi connectivity index (χ1) is 35.8.